The molecule has 8 heteroatoms. The van der Waals surface area contributed by atoms with Crippen LogP contribution in [0, 0.1) is 5.92 Å². The predicted octanol–water partition coefficient (Wildman–Crippen LogP) is 3.16. The van der Waals surface area contributed by atoms with Gasteiger partial charge in [0.15, 0.2) is 0 Å². The highest BCUT2D eigenvalue weighted by Crippen LogP contribution is 2.29. The van der Waals surface area contributed by atoms with E-state index in [1.165, 1.54) is 25.0 Å². The average Bonchev–Trinajstić information content (AvgIpc) is 3.55. The Labute approximate surface area is 169 Å². The summed E-state index contributed by atoms with van der Waals surface area (Å²) in [5.41, 5.74) is -0.538. The first-order valence-electron chi connectivity index (χ1n) is 10.1. The highest BCUT2D eigenvalue weighted by molar-refractivity contribution is 5.94. The van der Waals surface area contributed by atoms with Crippen LogP contribution in [0.4, 0.5) is 13.2 Å². The number of halogens is 3. The van der Waals surface area contributed by atoms with Crippen LogP contribution in [-0.2, 0) is 11.0 Å². The van der Waals surface area contributed by atoms with Gasteiger partial charge in [-0.1, -0.05) is 0 Å². The van der Waals surface area contributed by atoms with Gasteiger partial charge in [0.1, 0.15) is 0 Å². The number of benzene rings is 1. The van der Waals surface area contributed by atoms with Gasteiger partial charge in [0, 0.05) is 43.2 Å². The van der Waals surface area contributed by atoms with Gasteiger partial charge in [0.25, 0.3) is 5.91 Å². The summed E-state index contributed by atoms with van der Waals surface area (Å²) in [4.78, 5) is 28.9. The molecule has 0 aromatic heterocycles. The third-order valence-electron chi connectivity index (χ3n) is 6.00. The molecular weight excluding hydrogens is 383 g/mol. The first kappa shape index (κ1) is 21.6. The lowest BCUT2D eigenvalue weighted by Gasteiger charge is -2.32. The van der Waals surface area contributed by atoms with Crippen molar-refractivity contribution in [1.82, 2.24) is 15.1 Å². The topological polar surface area (TPSA) is 52.7 Å². The van der Waals surface area contributed by atoms with E-state index in [2.05, 4.69) is 24.2 Å². The fourth-order valence-corrected chi connectivity index (χ4v) is 3.71. The molecule has 29 heavy (non-hydrogen) atoms. The van der Waals surface area contributed by atoms with Gasteiger partial charge in [-0.25, -0.2) is 0 Å². The number of likely N-dealkylation sites (N-methyl/N-ethyl adjacent to an activating group) is 1. The van der Waals surface area contributed by atoms with Gasteiger partial charge in [-0.3, -0.25) is 14.5 Å². The fraction of sp³-hybridized carbons (Fsp3) is 0.619. The Balaban J connectivity index is 1.45. The first-order valence-corrected chi connectivity index (χ1v) is 10.1. The molecule has 0 radical (unpaired) electrons. The van der Waals surface area contributed by atoms with E-state index in [1.54, 1.807) is 4.90 Å². The summed E-state index contributed by atoms with van der Waals surface area (Å²) in [6.07, 6.45) is -0.852. The van der Waals surface area contributed by atoms with Crippen molar-refractivity contribution in [2.45, 2.75) is 50.9 Å². The third-order valence-corrected chi connectivity index (χ3v) is 6.00. The summed E-state index contributed by atoms with van der Waals surface area (Å²) in [5, 5.41) is 3.02. The van der Waals surface area contributed by atoms with Gasteiger partial charge in [-0.2, -0.15) is 13.2 Å². The van der Waals surface area contributed by atoms with E-state index < -0.39 is 11.7 Å². The Morgan fingerprint density at radius 2 is 1.72 bits per heavy atom. The summed E-state index contributed by atoms with van der Waals surface area (Å²) in [6, 6.07) is 5.19. The van der Waals surface area contributed by atoms with Gasteiger partial charge >= 0.3 is 6.18 Å². The van der Waals surface area contributed by atoms with Gasteiger partial charge in [0.05, 0.1) is 5.56 Å². The smallest absolute Gasteiger partial charge is 0.354 e. The highest BCUT2D eigenvalue weighted by Gasteiger charge is 2.32. The van der Waals surface area contributed by atoms with Crippen molar-refractivity contribution in [2.24, 2.45) is 5.92 Å². The molecule has 160 valence electrons. The number of carbonyl (C=O) groups excluding carboxylic acids is 2. The van der Waals surface area contributed by atoms with E-state index in [1.807, 2.05) is 0 Å². The Kier molecular flexibility index (Phi) is 6.51. The zero-order valence-electron chi connectivity index (χ0n) is 16.8. The highest BCUT2D eigenvalue weighted by atomic mass is 19.4. The molecule has 1 saturated heterocycles. The lowest BCUT2D eigenvalue weighted by atomic mass is 9.95. The number of piperidine rings is 1. The molecule has 1 atom stereocenters. The number of rotatable bonds is 6. The van der Waals surface area contributed by atoms with E-state index in [0.717, 1.165) is 12.1 Å². The quantitative estimate of drug-likeness (QED) is 0.783. The Morgan fingerprint density at radius 3 is 2.24 bits per heavy atom. The molecule has 2 amide bonds. The van der Waals surface area contributed by atoms with Crippen LogP contribution in [0.15, 0.2) is 24.3 Å². The SMILES string of the molecule is CC(CNC(=O)C1CCN(C(=O)c2ccc(C(F)(F)F)cc2)CC1)N(C)C1CC1. The number of amides is 2. The summed E-state index contributed by atoms with van der Waals surface area (Å²) >= 11 is 0. The number of nitrogens with zero attached hydrogens (tertiary/aromatic N) is 2. The van der Waals surface area contributed by atoms with Crippen molar-refractivity contribution in [3.63, 3.8) is 0 Å². The number of carbonyl (C=O) groups is 2. The summed E-state index contributed by atoms with van der Waals surface area (Å²) in [7, 11) is 2.08. The lowest BCUT2D eigenvalue weighted by Crippen LogP contribution is -2.46. The zero-order valence-corrected chi connectivity index (χ0v) is 16.8. The van der Waals surface area contributed by atoms with Gasteiger partial charge in [0.2, 0.25) is 5.91 Å². The third kappa shape index (κ3) is 5.50. The molecule has 1 aliphatic carbocycles. The number of hydrogen-bond acceptors (Lipinski definition) is 3. The second-order valence-electron chi connectivity index (χ2n) is 8.13. The Bertz CT molecular complexity index is 724. The number of alkyl halides is 3. The molecule has 1 aromatic carbocycles. The minimum Gasteiger partial charge on any atom is -0.354 e. The second kappa shape index (κ2) is 8.73. The van der Waals surface area contributed by atoms with E-state index in [0.29, 0.717) is 38.5 Å². The molecule has 1 saturated carbocycles. The Hall–Kier alpha value is -2.09. The van der Waals surface area contributed by atoms with E-state index in [4.69, 9.17) is 0 Å². The first-order chi connectivity index (χ1) is 13.7. The van der Waals surface area contributed by atoms with E-state index >= 15 is 0 Å². The van der Waals surface area contributed by atoms with Crippen molar-refractivity contribution < 1.29 is 22.8 Å². The average molecular weight is 411 g/mol. The number of nitrogens with one attached hydrogen (secondary N) is 1. The normalized spacial score (nSPS) is 19.3. The predicted molar refractivity (Wildman–Crippen MR) is 103 cm³/mol. The maximum atomic E-state index is 12.7. The van der Waals surface area contributed by atoms with Crippen molar-refractivity contribution >= 4 is 11.8 Å². The monoisotopic (exact) mass is 411 g/mol. The molecule has 1 unspecified atom stereocenters. The van der Waals surface area contributed by atoms with Crippen molar-refractivity contribution in [3.05, 3.63) is 35.4 Å². The molecule has 0 spiro atoms. The molecular formula is C21H28F3N3O2. The van der Waals surface area contributed by atoms with Crippen LogP contribution >= 0.6 is 0 Å². The minimum absolute atomic E-state index is 0.0164. The van der Waals surface area contributed by atoms with Crippen LogP contribution in [0.2, 0.25) is 0 Å². The maximum absolute atomic E-state index is 12.7. The van der Waals surface area contributed by atoms with Crippen LogP contribution in [0.5, 0.6) is 0 Å². The van der Waals surface area contributed by atoms with Crippen molar-refractivity contribution in [2.75, 3.05) is 26.7 Å². The second-order valence-corrected chi connectivity index (χ2v) is 8.13. The largest absolute Gasteiger partial charge is 0.416 e. The molecule has 1 aliphatic heterocycles. The van der Waals surface area contributed by atoms with Crippen LogP contribution < -0.4 is 5.32 Å². The van der Waals surface area contributed by atoms with Crippen LogP contribution in [0.3, 0.4) is 0 Å². The molecule has 1 aromatic rings. The fourth-order valence-electron chi connectivity index (χ4n) is 3.71. The zero-order chi connectivity index (χ0) is 21.2. The Morgan fingerprint density at radius 1 is 1.14 bits per heavy atom. The van der Waals surface area contributed by atoms with Crippen molar-refractivity contribution in [3.8, 4) is 0 Å². The van der Waals surface area contributed by atoms with Gasteiger partial charge < -0.3 is 10.2 Å². The standard InChI is InChI=1S/C21H28F3N3O2/c1-14(26(2)18-7-8-18)13-25-19(28)15-9-11-27(12-10-15)20(29)16-3-5-17(6-4-16)21(22,23)24/h3-6,14-15,18H,7-13H2,1-2H3,(H,25,28). The van der Waals surface area contributed by atoms with Crippen LogP contribution in [0.1, 0.15) is 48.5 Å². The van der Waals surface area contributed by atoms with E-state index in [9.17, 15) is 22.8 Å². The molecule has 1 heterocycles. The summed E-state index contributed by atoms with van der Waals surface area (Å²) in [6.45, 7) is 3.56. The van der Waals surface area contributed by atoms with E-state index in [-0.39, 0.29) is 29.3 Å². The number of likely N-dealkylation sites (tertiary alicyclic amines) is 1. The maximum Gasteiger partial charge on any atom is 0.416 e. The summed E-state index contributed by atoms with van der Waals surface area (Å²) < 4.78 is 38.0. The molecule has 3 rings (SSSR count). The molecule has 0 bridgehead atoms. The molecule has 2 aliphatic rings. The molecule has 2 fully saturated rings. The van der Waals surface area contributed by atoms with Gasteiger partial charge in [-0.05, 0) is 63.9 Å². The minimum atomic E-state index is -4.42. The van der Waals surface area contributed by atoms with Crippen LogP contribution in [-0.4, -0.2) is 60.4 Å². The summed E-state index contributed by atoms with van der Waals surface area (Å²) in [5.74, 6) is -0.412. The van der Waals surface area contributed by atoms with Gasteiger partial charge in [-0.15, -0.1) is 0 Å². The lowest BCUT2D eigenvalue weighted by molar-refractivity contribution is -0.137. The van der Waals surface area contributed by atoms with Crippen molar-refractivity contribution in [1.29, 1.82) is 0 Å². The van der Waals surface area contributed by atoms with Crippen LogP contribution in [0.25, 0.3) is 0 Å². The molecule has 1 N–H and O–H groups in total. The molecule has 5 nitrogen and oxygen atoms in total. The number of hydrogen-bond donors (Lipinski definition) is 1.